The van der Waals surface area contributed by atoms with Crippen LogP contribution in [0.4, 0.5) is 4.79 Å². The molecule has 0 aliphatic carbocycles. The average Bonchev–Trinajstić information content (AvgIpc) is 3.15. The van der Waals surface area contributed by atoms with Gasteiger partial charge in [-0.15, -0.1) is 0 Å². The van der Waals surface area contributed by atoms with Gasteiger partial charge in [-0.3, -0.25) is 15.0 Å². The molecule has 168 valence electrons. The van der Waals surface area contributed by atoms with Crippen LogP contribution in [0.2, 0.25) is 0 Å². The average molecular weight is 439 g/mol. The van der Waals surface area contributed by atoms with Gasteiger partial charge in [-0.2, -0.15) is 0 Å². The maximum Gasteiger partial charge on any atom is 0.417 e. The van der Waals surface area contributed by atoms with Crippen molar-refractivity contribution < 1.29 is 29.1 Å². The molecule has 2 amide bonds. The summed E-state index contributed by atoms with van der Waals surface area (Å²) in [6.45, 7) is 3.69. The number of carboxylic acid groups (broad SMARTS) is 1. The zero-order valence-electron chi connectivity index (χ0n) is 17.9. The molecule has 3 N–H and O–H groups in total. The predicted molar refractivity (Wildman–Crippen MR) is 118 cm³/mol. The lowest BCUT2D eigenvalue weighted by molar-refractivity contribution is -0.881. The van der Waals surface area contributed by atoms with Gasteiger partial charge in [0.15, 0.2) is 5.78 Å². The van der Waals surface area contributed by atoms with E-state index in [1.807, 2.05) is 18.2 Å². The number of carbonyl (C=O) groups excluding carboxylic acids is 2. The van der Waals surface area contributed by atoms with Crippen LogP contribution in [0.1, 0.15) is 39.1 Å². The molecular weight excluding hydrogens is 410 g/mol. The highest BCUT2D eigenvalue weighted by atomic mass is 16.4. The smallest absolute Gasteiger partial charge is 0.417 e. The highest BCUT2D eigenvalue weighted by molar-refractivity contribution is 6.01. The second-order valence-corrected chi connectivity index (χ2v) is 8.60. The number of rotatable bonds is 7. The number of ketones is 1. The van der Waals surface area contributed by atoms with Crippen LogP contribution < -0.4 is 5.32 Å². The molecular formula is C24H28N3O5+. The van der Waals surface area contributed by atoms with Crippen LogP contribution in [0.3, 0.4) is 0 Å². The number of urea groups is 1. The van der Waals surface area contributed by atoms with E-state index < -0.39 is 5.97 Å². The van der Waals surface area contributed by atoms with E-state index >= 15 is 0 Å². The summed E-state index contributed by atoms with van der Waals surface area (Å²) >= 11 is 0. The Balaban J connectivity index is 1.41. The summed E-state index contributed by atoms with van der Waals surface area (Å²) in [5.74, 6) is -1.81. The first kappa shape index (κ1) is 22.0. The number of Topliss-reactive ketones (excluding diaryl/α,β-unsaturated/α-hetero) is 1. The SMILES string of the molecule is O=C(CN1CCC([N+]2(Cc3ccccc3)CCNC2=O)CC1)c1ccc(O)c(C(=O)O)c1. The lowest BCUT2D eigenvalue weighted by Crippen LogP contribution is -2.60. The zero-order valence-corrected chi connectivity index (χ0v) is 17.9. The van der Waals surface area contributed by atoms with Gasteiger partial charge < -0.3 is 10.2 Å². The Morgan fingerprint density at radius 1 is 1.09 bits per heavy atom. The van der Waals surface area contributed by atoms with E-state index in [1.165, 1.54) is 18.2 Å². The summed E-state index contributed by atoms with van der Waals surface area (Å²) in [5.41, 5.74) is 1.14. The van der Waals surface area contributed by atoms with E-state index in [0.717, 1.165) is 24.9 Å². The molecule has 0 saturated carbocycles. The number of nitrogens with zero attached hydrogens (tertiary/aromatic N) is 2. The van der Waals surface area contributed by atoms with Crippen molar-refractivity contribution in [2.45, 2.75) is 25.4 Å². The van der Waals surface area contributed by atoms with Crippen molar-refractivity contribution in [2.75, 3.05) is 32.7 Å². The van der Waals surface area contributed by atoms with Crippen LogP contribution in [0.25, 0.3) is 0 Å². The van der Waals surface area contributed by atoms with Crippen LogP contribution in [0.15, 0.2) is 48.5 Å². The second-order valence-electron chi connectivity index (χ2n) is 8.60. The van der Waals surface area contributed by atoms with Gasteiger partial charge in [-0.1, -0.05) is 30.3 Å². The number of benzene rings is 2. The Morgan fingerprint density at radius 2 is 1.81 bits per heavy atom. The third-order valence-electron chi connectivity index (χ3n) is 6.67. The van der Waals surface area contributed by atoms with E-state index in [9.17, 15) is 19.5 Å². The number of quaternary nitrogens is 1. The van der Waals surface area contributed by atoms with Crippen LogP contribution >= 0.6 is 0 Å². The molecule has 2 aromatic rings. The van der Waals surface area contributed by atoms with Crippen molar-refractivity contribution in [2.24, 2.45) is 0 Å². The fourth-order valence-corrected chi connectivity index (χ4v) is 4.91. The lowest BCUT2D eigenvalue weighted by Gasteiger charge is -2.42. The molecule has 0 radical (unpaired) electrons. The summed E-state index contributed by atoms with van der Waals surface area (Å²) in [5, 5.41) is 21.8. The Labute approximate surface area is 186 Å². The summed E-state index contributed by atoms with van der Waals surface area (Å²) in [7, 11) is 0. The summed E-state index contributed by atoms with van der Waals surface area (Å²) < 4.78 is 0.408. The van der Waals surface area contributed by atoms with Gasteiger partial charge in [0.05, 0.1) is 13.1 Å². The Bertz CT molecular complexity index is 1020. The fourth-order valence-electron chi connectivity index (χ4n) is 4.91. The maximum absolute atomic E-state index is 12.9. The molecule has 8 nitrogen and oxygen atoms in total. The van der Waals surface area contributed by atoms with Gasteiger partial charge in [-0.05, 0) is 18.2 Å². The van der Waals surface area contributed by atoms with Crippen molar-refractivity contribution in [3.63, 3.8) is 0 Å². The van der Waals surface area contributed by atoms with Gasteiger partial charge in [0.2, 0.25) is 0 Å². The van der Waals surface area contributed by atoms with Crippen LogP contribution in [0, 0.1) is 0 Å². The monoisotopic (exact) mass is 438 g/mol. The van der Waals surface area contributed by atoms with Crippen molar-refractivity contribution in [3.05, 3.63) is 65.2 Å². The predicted octanol–water partition coefficient (Wildman–Crippen LogP) is 2.48. The van der Waals surface area contributed by atoms with Crippen LogP contribution in [-0.4, -0.2) is 76.1 Å². The highest BCUT2D eigenvalue weighted by Crippen LogP contribution is 2.30. The number of nitrogens with one attached hydrogen (secondary N) is 1. The first-order chi connectivity index (χ1) is 15.4. The quantitative estimate of drug-likeness (QED) is 0.453. The minimum atomic E-state index is -1.27. The Kier molecular flexibility index (Phi) is 6.25. The molecule has 2 aliphatic heterocycles. The molecule has 32 heavy (non-hydrogen) atoms. The highest BCUT2D eigenvalue weighted by Gasteiger charge is 2.48. The van der Waals surface area contributed by atoms with Gasteiger partial charge in [0.1, 0.15) is 30.4 Å². The number of hydrogen-bond acceptors (Lipinski definition) is 5. The molecule has 1 atom stereocenters. The van der Waals surface area contributed by atoms with Gasteiger partial charge >= 0.3 is 12.0 Å². The standard InChI is InChI=1S/C24H27N3O5/c28-21-7-6-18(14-20(21)23(30)31)22(29)15-26-11-8-19(9-12-26)27(13-10-25-24(27)32)16-17-4-2-1-3-5-17/h1-7,14,19H,8-13,15-16H2,(H2-,25,28,29,30,31,32)/p+1. The van der Waals surface area contributed by atoms with E-state index in [2.05, 4.69) is 22.3 Å². The first-order valence-corrected chi connectivity index (χ1v) is 10.9. The molecule has 2 saturated heterocycles. The molecule has 0 spiro atoms. The van der Waals surface area contributed by atoms with Gasteiger partial charge in [0, 0.05) is 37.1 Å². The lowest BCUT2D eigenvalue weighted by atomic mass is 9.98. The Morgan fingerprint density at radius 3 is 2.44 bits per heavy atom. The maximum atomic E-state index is 12.9. The molecule has 0 bridgehead atoms. The number of aromatic hydroxyl groups is 1. The molecule has 8 heteroatoms. The summed E-state index contributed by atoms with van der Waals surface area (Å²) in [6, 6.07) is 14.3. The minimum absolute atomic E-state index is 0.0775. The van der Waals surface area contributed by atoms with Gasteiger partial charge in [0.25, 0.3) is 0 Å². The number of aromatic carboxylic acids is 1. The summed E-state index contributed by atoms with van der Waals surface area (Å²) in [6.07, 6.45) is 1.62. The molecule has 0 aromatic heterocycles. The molecule has 2 fully saturated rings. The van der Waals surface area contributed by atoms with Crippen molar-refractivity contribution in [1.29, 1.82) is 0 Å². The van der Waals surface area contributed by atoms with E-state index in [1.54, 1.807) is 0 Å². The molecule has 2 heterocycles. The molecule has 2 aliphatic rings. The van der Waals surface area contributed by atoms with Crippen LogP contribution in [-0.2, 0) is 6.54 Å². The number of amides is 2. The van der Waals surface area contributed by atoms with Crippen molar-refractivity contribution in [3.8, 4) is 5.75 Å². The zero-order chi connectivity index (χ0) is 22.7. The van der Waals surface area contributed by atoms with E-state index in [4.69, 9.17) is 5.11 Å². The molecule has 4 rings (SSSR count). The van der Waals surface area contributed by atoms with E-state index in [-0.39, 0.29) is 41.3 Å². The number of phenols is 1. The third-order valence-corrected chi connectivity index (χ3v) is 6.67. The Hall–Kier alpha value is -3.23. The molecule has 1 unspecified atom stereocenters. The van der Waals surface area contributed by atoms with Crippen molar-refractivity contribution in [1.82, 2.24) is 10.2 Å². The molecule has 2 aromatic carbocycles. The third kappa shape index (κ3) is 4.37. The van der Waals surface area contributed by atoms with Crippen LogP contribution in [0.5, 0.6) is 5.75 Å². The minimum Gasteiger partial charge on any atom is -0.507 e. The number of likely N-dealkylation sites (tertiary alicyclic amines) is 1. The summed E-state index contributed by atoms with van der Waals surface area (Å²) in [4.78, 5) is 38.9. The number of carboxylic acids is 1. The topological polar surface area (TPSA) is 107 Å². The number of piperidine rings is 1. The number of carbonyl (C=O) groups is 3. The largest absolute Gasteiger partial charge is 0.507 e. The first-order valence-electron chi connectivity index (χ1n) is 10.9. The normalized spacial score (nSPS) is 21.9. The fraction of sp³-hybridized carbons (Fsp3) is 0.375. The van der Waals surface area contributed by atoms with Crippen molar-refractivity contribution >= 4 is 17.8 Å². The van der Waals surface area contributed by atoms with Gasteiger partial charge in [-0.25, -0.2) is 14.1 Å². The second kappa shape index (κ2) is 9.10. The number of hydrogen-bond donors (Lipinski definition) is 3. The van der Waals surface area contributed by atoms with E-state index in [0.29, 0.717) is 30.7 Å².